The average Bonchev–Trinajstić information content (AvgIpc) is 2.48. The number of carbonyl (C=O) groups excluding carboxylic acids is 1. The maximum atomic E-state index is 11.8. The lowest BCUT2D eigenvalue weighted by Crippen LogP contribution is -2.08. The topological polar surface area (TPSA) is 84.3 Å². The number of nitroso groups, excluding NO2 is 1. The van der Waals surface area contributed by atoms with E-state index in [1.54, 1.807) is 30.6 Å². The maximum Gasteiger partial charge on any atom is 0.248 e. The summed E-state index contributed by atoms with van der Waals surface area (Å²) in [6.45, 7) is 1.83. The fraction of sp³-hybridized carbons (Fsp3) is 0.0714. The van der Waals surface area contributed by atoms with Gasteiger partial charge in [0.2, 0.25) is 5.91 Å². The Labute approximate surface area is 115 Å². The number of benzene rings is 1. The molecule has 1 heterocycles. The molecule has 0 unspecified atom stereocenters. The Hall–Kier alpha value is -2.89. The van der Waals surface area contributed by atoms with E-state index in [1.807, 2.05) is 6.92 Å². The van der Waals surface area contributed by atoms with E-state index in [-0.39, 0.29) is 11.6 Å². The Morgan fingerprint density at radius 3 is 2.75 bits per heavy atom. The molecule has 0 atom stereocenters. The van der Waals surface area contributed by atoms with Crippen LogP contribution in [0.4, 0.5) is 11.4 Å². The van der Waals surface area contributed by atoms with Crippen molar-refractivity contribution in [2.24, 2.45) is 5.18 Å². The molecular weight excluding hydrogens is 256 g/mol. The van der Waals surface area contributed by atoms with Crippen LogP contribution in [0.15, 0.2) is 48.2 Å². The summed E-state index contributed by atoms with van der Waals surface area (Å²) in [6.07, 6.45) is 7.59. The van der Waals surface area contributed by atoms with Crippen molar-refractivity contribution in [2.45, 2.75) is 6.92 Å². The first-order valence-electron chi connectivity index (χ1n) is 5.87. The van der Waals surface area contributed by atoms with E-state index in [0.29, 0.717) is 5.69 Å². The third kappa shape index (κ3) is 3.55. The molecule has 0 radical (unpaired) electrons. The first-order chi connectivity index (χ1) is 9.69. The Morgan fingerprint density at radius 2 is 2.05 bits per heavy atom. The van der Waals surface area contributed by atoms with Gasteiger partial charge in [0.05, 0.1) is 0 Å². The molecular formula is C14H12N4O2. The zero-order valence-electron chi connectivity index (χ0n) is 10.8. The first kappa shape index (κ1) is 13.5. The number of nitrogens with one attached hydrogen (secondary N) is 1. The quantitative estimate of drug-likeness (QED) is 0.682. The molecule has 0 aliphatic heterocycles. The zero-order valence-corrected chi connectivity index (χ0v) is 10.8. The Bertz CT molecular complexity index is 653. The summed E-state index contributed by atoms with van der Waals surface area (Å²) in [7, 11) is 0. The molecule has 100 valence electrons. The SMILES string of the molecule is Cc1ccc(N=O)cc1NC(=O)/C=C/c1cncnc1. The van der Waals surface area contributed by atoms with Crippen molar-refractivity contribution in [3.05, 3.63) is 59.0 Å². The molecule has 1 aromatic heterocycles. The van der Waals surface area contributed by atoms with Crippen LogP contribution in [0.1, 0.15) is 11.1 Å². The molecule has 0 saturated carbocycles. The van der Waals surface area contributed by atoms with Crippen molar-refractivity contribution < 1.29 is 4.79 Å². The van der Waals surface area contributed by atoms with E-state index < -0.39 is 0 Å². The molecule has 2 rings (SSSR count). The summed E-state index contributed by atoms with van der Waals surface area (Å²) >= 11 is 0. The van der Waals surface area contributed by atoms with E-state index >= 15 is 0 Å². The van der Waals surface area contributed by atoms with Gasteiger partial charge in [-0.3, -0.25) is 4.79 Å². The van der Waals surface area contributed by atoms with E-state index in [1.165, 1.54) is 18.5 Å². The van der Waals surface area contributed by atoms with Crippen molar-refractivity contribution in [2.75, 3.05) is 5.32 Å². The fourth-order valence-electron chi connectivity index (χ4n) is 1.54. The number of hydrogen-bond acceptors (Lipinski definition) is 5. The summed E-state index contributed by atoms with van der Waals surface area (Å²) in [5.41, 5.74) is 2.40. The predicted octanol–water partition coefficient (Wildman–Crippen LogP) is 2.83. The number of anilines is 1. The van der Waals surface area contributed by atoms with Crippen molar-refractivity contribution in [1.82, 2.24) is 9.97 Å². The Balaban J connectivity index is 2.08. The van der Waals surface area contributed by atoms with Gasteiger partial charge in [-0.25, -0.2) is 9.97 Å². The van der Waals surface area contributed by atoms with Crippen LogP contribution in [-0.2, 0) is 4.79 Å². The summed E-state index contributed by atoms with van der Waals surface area (Å²) in [4.78, 5) is 30.0. The van der Waals surface area contributed by atoms with E-state index in [4.69, 9.17) is 0 Å². The second-order valence-electron chi connectivity index (χ2n) is 4.08. The summed E-state index contributed by atoms with van der Waals surface area (Å²) < 4.78 is 0. The van der Waals surface area contributed by atoms with Gasteiger partial charge >= 0.3 is 0 Å². The van der Waals surface area contributed by atoms with Gasteiger partial charge in [0.15, 0.2) is 0 Å². The van der Waals surface area contributed by atoms with Crippen LogP contribution < -0.4 is 5.32 Å². The number of rotatable bonds is 4. The molecule has 0 saturated heterocycles. The molecule has 0 aliphatic carbocycles. The highest BCUT2D eigenvalue weighted by molar-refractivity contribution is 6.02. The molecule has 0 fully saturated rings. The van der Waals surface area contributed by atoms with Gasteiger partial charge in [-0.05, 0) is 35.9 Å². The van der Waals surface area contributed by atoms with Crippen LogP contribution >= 0.6 is 0 Å². The molecule has 20 heavy (non-hydrogen) atoms. The molecule has 0 aliphatic rings. The summed E-state index contributed by atoms with van der Waals surface area (Å²) in [5.74, 6) is -0.306. The van der Waals surface area contributed by atoms with Crippen LogP contribution in [0.3, 0.4) is 0 Å². The van der Waals surface area contributed by atoms with E-state index in [9.17, 15) is 9.70 Å². The molecule has 0 bridgehead atoms. The molecule has 1 N–H and O–H groups in total. The number of nitrogens with zero attached hydrogens (tertiary/aromatic N) is 3. The minimum atomic E-state index is -0.306. The average molecular weight is 268 g/mol. The lowest BCUT2D eigenvalue weighted by Gasteiger charge is -2.06. The highest BCUT2D eigenvalue weighted by Gasteiger charge is 2.03. The fourth-order valence-corrected chi connectivity index (χ4v) is 1.54. The van der Waals surface area contributed by atoms with Crippen molar-refractivity contribution in [3.8, 4) is 0 Å². The second kappa shape index (κ2) is 6.33. The number of amides is 1. The van der Waals surface area contributed by atoms with E-state index in [0.717, 1.165) is 11.1 Å². The molecule has 6 nitrogen and oxygen atoms in total. The van der Waals surface area contributed by atoms with Crippen LogP contribution in [0, 0.1) is 11.8 Å². The number of aromatic nitrogens is 2. The van der Waals surface area contributed by atoms with Gasteiger partial charge in [-0.2, -0.15) is 0 Å². The van der Waals surface area contributed by atoms with Gasteiger partial charge in [-0.1, -0.05) is 6.07 Å². The third-order valence-electron chi connectivity index (χ3n) is 2.59. The van der Waals surface area contributed by atoms with E-state index in [2.05, 4.69) is 20.5 Å². The monoisotopic (exact) mass is 268 g/mol. The maximum absolute atomic E-state index is 11.8. The van der Waals surface area contributed by atoms with Gasteiger partial charge in [0.1, 0.15) is 12.0 Å². The van der Waals surface area contributed by atoms with Crippen LogP contribution in [0.2, 0.25) is 0 Å². The van der Waals surface area contributed by atoms with Gasteiger partial charge < -0.3 is 5.32 Å². The standard InChI is InChI=1S/C14H12N4O2/c1-10-2-4-12(18-20)6-13(10)17-14(19)5-3-11-7-15-9-16-8-11/h2-9H,1H3,(H,17,19)/b5-3+. The van der Waals surface area contributed by atoms with Crippen LogP contribution in [0.25, 0.3) is 6.08 Å². The Kier molecular flexibility index (Phi) is 4.28. The van der Waals surface area contributed by atoms with Gasteiger partial charge in [0.25, 0.3) is 0 Å². The Morgan fingerprint density at radius 1 is 1.30 bits per heavy atom. The lowest BCUT2D eigenvalue weighted by atomic mass is 10.2. The first-order valence-corrected chi connectivity index (χ1v) is 5.87. The summed E-state index contributed by atoms with van der Waals surface area (Å²) in [5, 5.41) is 5.53. The van der Waals surface area contributed by atoms with Crippen molar-refractivity contribution >= 4 is 23.4 Å². The minimum absolute atomic E-state index is 0.270. The predicted molar refractivity (Wildman–Crippen MR) is 76.3 cm³/mol. The lowest BCUT2D eigenvalue weighted by molar-refractivity contribution is -0.111. The van der Waals surface area contributed by atoms with Gasteiger partial charge in [0, 0.05) is 29.7 Å². The smallest absolute Gasteiger partial charge is 0.248 e. The zero-order chi connectivity index (χ0) is 14.4. The number of carbonyl (C=O) groups is 1. The van der Waals surface area contributed by atoms with Crippen molar-refractivity contribution in [1.29, 1.82) is 0 Å². The summed E-state index contributed by atoms with van der Waals surface area (Å²) in [6, 6.07) is 4.84. The van der Waals surface area contributed by atoms with Gasteiger partial charge in [-0.15, -0.1) is 4.91 Å². The normalized spacial score (nSPS) is 10.4. The number of aryl methyl sites for hydroxylation is 1. The highest BCUT2D eigenvalue weighted by Crippen LogP contribution is 2.22. The third-order valence-corrected chi connectivity index (χ3v) is 2.59. The number of hydrogen-bond donors (Lipinski definition) is 1. The molecule has 2 aromatic rings. The highest BCUT2D eigenvalue weighted by atomic mass is 16.3. The molecule has 6 heteroatoms. The molecule has 0 spiro atoms. The largest absolute Gasteiger partial charge is 0.322 e. The van der Waals surface area contributed by atoms with Crippen LogP contribution in [-0.4, -0.2) is 15.9 Å². The van der Waals surface area contributed by atoms with Crippen molar-refractivity contribution in [3.63, 3.8) is 0 Å². The molecule has 1 aromatic carbocycles. The van der Waals surface area contributed by atoms with Crippen LogP contribution in [0.5, 0.6) is 0 Å². The second-order valence-corrected chi connectivity index (χ2v) is 4.08. The molecule has 1 amide bonds. The minimum Gasteiger partial charge on any atom is -0.322 e.